The van der Waals surface area contributed by atoms with Gasteiger partial charge in [-0.1, -0.05) is 12.2 Å². The Labute approximate surface area is 125 Å². The largest absolute Gasteiger partial charge is 0.550 e. The number of nitrogens with one attached hydrogen (secondary N) is 1. The second-order valence-electron chi connectivity index (χ2n) is 5.38. The molecule has 0 aromatic heterocycles. The SMILES string of the molecule is O=C([O-])[C@@H]1[C@@H](C(=O)Nc2ccc3c(c2)OCO3)[C@H]2C=C[C@@H]1O2. The Hall–Kier alpha value is -2.54. The molecule has 0 spiro atoms. The Morgan fingerprint density at radius 2 is 1.82 bits per heavy atom. The van der Waals surface area contributed by atoms with E-state index < -0.39 is 35.9 Å². The fourth-order valence-electron chi connectivity index (χ4n) is 3.10. The van der Waals surface area contributed by atoms with Crippen LogP contribution in [0.3, 0.4) is 0 Å². The first kappa shape index (κ1) is 13.1. The number of hydrogen-bond donors (Lipinski definition) is 1. The standard InChI is InChI=1S/C15H13NO6/c17-14(12-9-3-4-10(22-9)13(12)15(18)19)16-7-1-2-8-11(5-7)21-6-20-8/h1-5,9-10,12-13H,6H2,(H,16,17)(H,18,19)/p-1/t9-,10+,12+,13+/m1/s1. The maximum atomic E-state index is 12.4. The van der Waals surface area contributed by atoms with E-state index in [1.807, 2.05) is 0 Å². The van der Waals surface area contributed by atoms with Crippen LogP contribution in [0.25, 0.3) is 0 Å². The second kappa shape index (κ2) is 4.74. The summed E-state index contributed by atoms with van der Waals surface area (Å²) in [5.41, 5.74) is 0.512. The van der Waals surface area contributed by atoms with Gasteiger partial charge in [0, 0.05) is 23.6 Å². The van der Waals surface area contributed by atoms with Gasteiger partial charge in [-0.3, -0.25) is 4.79 Å². The molecule has 0 unspecified atom stereocenters. The molecule has 0 saturated carbocycles. The number of hydrogen-bond acceptors (Lipinski definition) is 6. The second-order valence-corrected chi connectivity index (χ2v) is 5.38. The number of anilines is 1. The molecule has 7 nitrogen and oxygen atoms in total. The highest BCUT2D eigenvalue weighted by molar-refractivity contribution is 5.96. The molecule has 1 amide bonds. The zero-order valence-electron chi connectivity index (χ0n) is 11.4. The van der Waals surface area contributed by atoms with Crippen molar-refractivity contribution in [3.05, 3.63) is 30.4 Å². The quantitative estimate of drug-likeness (QED) is 0.768. The molecule has 22 heavy (non-hydrogen) atoms. The average molecular weight is 302 g/mol. The topological polar surface area (TPSA) is 96.9 Å². The van der Waals surface area contributed by atoms with Gasteiger partial charge in [-0.05, 0) is 12.1 Å². The molecule has 7 heteroatoms. The molecule has 3 heterocycles. The monoisotopic (exact) mass is 302 g/mol. The number of ether oxygens (including phenoxy) is 3. The normalized spacial score (nSPS) is 30.5. The van der Waals surface area contributed by atoms with Gasteiger partial charge in [0.05, 0.1) is 18.1 Å². The van der Waals surface area contributed by atoms with Gasteiger partial charge in [0.2, 0.25) is 12.7 Å². The van der Waals surface area contributed by atoms with Crippen LogP contribution in [0, 0.1) is 11.8 Å². The van der Waals surface area contributed by atoms with Crippen molar-refractivity contribution in [2.45, 2.75) is 12.2 Å². The lowest BCUT2D eigenvalue weighted by Gasteiger charge is -2.24. The highest BCUT2D eigenvalue weighted by atomic mass is 16.7. The summed E-state index contributed by atoms with van der Waals surface area (Å²) in [7, 11) is 0. The van der Waals surface area contributed by atoms with Crippen molar-refractivity contribution < 1.29 is 28.9 Å². The predicted molar refractivity (Wildman–Crippen MR) is 71.0 cm³/mol. The van der Waals surface area contributed by atoms with Crippen molar-refractivity contribution in [3.63, 3.8) is 0 Å². The lowest BCUT2D eigenvalue weighted by atomic mass is 9.82. The first-order valence-electron chi connectivity index (χ1n) is 6.88. The first-order chi connectivity index (χ1) is 10.6. The van der Waals surface area contributed by atoms with E-state index in [2.05, 4.69) is 5.32 Å². The summed E-state index contributed by atoms with van der Waals surface area (Å²) in [6.07, 6.45) is 2.26. The average Bonchev–Trinajstić information content (AvgIpc) is 3.20. The van der Waals surface area contributed by atoms with Crippen LogP contribution in [-0.2, 0) is 14.3 Å². The van der Waals surface area contributed by atoms with Crippen molar-refractivity contribution in [2.24, 2.45) is 11.8 Å². The highest BCUT2D eigenvalue weighted by Crippen LogP contribution is 2.40. The summed E-state index contributed by atoms with van der Waals surface area (Å²) < 4.78 is 15.9. The third-order valence-electron chi connectivity index (χ3n) is 4.11. The summed E-state index contributed by atoms with van der Waals surface area (Å²) in [6, 6.07) is 4.99. The highest BCUT2D eigenvalue weighted by Gasteiger charge is 2.50. The van der Waals surface area contributed by atoms with Gasteiger partial charge in [0.15, 0.2) is 11.5 Å². The number of carbonyl (C=O) groups excluding carboxylic acids is 2. The summed E-state index contributed by atoms with van der Waals surface area (Å²) in [6.45, 7) is 0.143. The van der Waals surface area contributed by atoms with E-state index in [0.717, 1.165) is 0 Å². The van der Waals surface area contributed by atoms with E-state index in [1.165, 1.54) is 0 Å². The van der Waals surface area contributed by atoms with E-state index in [0.29, 0.717) is 17.2 Å². The van der Waals surface area contributed by atoms with E-state index in [9.17, 15) is 14.7 Å². The van der Waals surface area contributed by atoms with Gasteiger partial charge in [0.25, 0.3) is 0 Å². The molecule has 3 aliphatic heterocycles. The van der Waals surface area contributed by atoms with Crippen molar-refractivity contribution in [1.82, 2.24) is 0 Å². The van der Waals surface area contributed by atoms with Crippen molar-refractivity contribution in [3.8, 4) is 11.5 Å². The minimum absolute atomic E-state index is 0.143. The van der Waals surface area contributed by atoms with E-state index in [4.69, 9.17) is 14.2 Å². The molecule has 1 saturated heterocycles. The number of benzene rings is 1. The Balaban J connectivity index is 1.55. The van der Waals surface area contributed by atoms with Crippen LogP contribution >= 0.6 is 0 Å². The minimum Gasteiger partial charge on any atom is -0.550 e. The molecule has 4 rings (SSSR count). The molecular formula is C15H12NO6-. The Morgan fingerprint density at radius 1 is 1.09 bits per heavy atom. The lowest BCUT2D eigenvalue weighted by molar-refractivity contribution is -0.313. The molecule has 3 aliphatic rings. The van der Waals surface area contributed by atoms with Crippen LogP contribution in [0.5, 0.6) is 11.5 Å². The molecule has 2 bridgehead atoms. The maximum Gasteiger partial charge on any atom is 0.231 e. The fourth-order valence-corrected chi connectivity index (χ4v) is 3.10. The summed E-state index contributed by atoms with van der Waals surface area (Å²) >= 11 is 0. The van der Waals surface area contributed by atoms with Gasteiger partial charge in [-0.15, -0.1) is 0 Å². The zero-order valence-corrected chi connectivity index (χ0v) is 11.4. The van der Waals surface area contributed by atoms with Gasteiger partial charge in [-0.25, -0.2) is 0 Å². The minimum atomic E-state index is -1.28. The Kier molecular flexibility index (Phi) is 2.83. The molecule has 4 atom stereocenters. The van der Waals surface area contributed by atoms with Crippen LogP contribution in [0.1, 0.15) is 0 Å². The third kappa shape index (κ3) is 1.93. The Morgan fingerprint density at radius 3 is 2.59 bits per heavy atom. The number of carboxylic acids is 1. The van der Waals surface area contributed by atoms with E-state index in [-0.39, 0.29) is 6.79 Å². The molecule has 1 aromatic rings. The number of rotatable bonds is 3. The van der Waals surface area contributed by atoms with Crippen LogP contribution < -0.4 is 19.9 Å². The summed E-state index contributed by atoms with van der Waals surface area (Å²) in [5, 5.41) is 14.0. The maximum absolute atomic E-state index is 12.4. The molecular weight excluding hydrogens is 290 g/mol. The van der Waals surface area contributed by atoms with E-state index in [1.54, 1.807) is 30.4 Å². The van der Waals surface area contributed by atoms with Crippen molar-refractivity contribution in [1.29, 1.82) is 0 Å². The zero-order chi connectivity index (χ0) is 15.3. The number of carboxylic acid groups (broad SMARTS) is 1. The molecule has 114 valence electrons. The van der Waals surface area contributed by atoms with Gasteiger partial charge in [0.1, 0.15) is 0 Å². The molecule has 1 aromatic carbocycles. The van der Waals surface area contributed by atoms with Gasteiger partial charge < -0.3 is 29.4 Å². The van der Waals surface area contributed by atoms with Crippen molar-refractivity contribution >= 4 is 17.6 Å². The summed E-state index contributed by atoms with van der Waals surface area (Å²) in [5.74, 6) is -2.31. The molecule has 0 aliphatic carbocycles. The third-order valence-corrected chi connectivity index (χ3v) is 4.11. The number of carbonyl (C=O) groups is 2. The fraction of sp³-hybridized carbons (Fsp3) is 0.333. The molecule has 1 fully saturated rings. The number of fused-ring (bicyclic) bond motifs is 3. The summed E-state index contributed by atoms with van der Waals surface area (Å²) in [4.78, 5) is 23.7. The lowest BCUT2D eigenvalue weighted by Crippen LogP contribution is -2.45. The van der Waals surface area contributed by atoms with Crippen LogP contribution in [0.2, 0.25) is 0 Å². The smallest absolute Gasteiger partial charge is 0.231 e. The van der Waals surface area contributed by atoms with Crippen LogP contribution in [0.4, 0.5) is 5.69 Å². The number of aliphatic carboxylic acids is 1. The van der Waals surface area contributed by atoms with Gasteiger partial charge in [-0.2, -0.15) is 0 Å². The van der Waals surface area contributed by atoms with Gasteiger partial charge >= 0.3 is 0 Å². The van der Waals surface area contributed by atoms with Crippen LogP contribution in [-0.4, -0.2) is 30.9 Å². The van der Waals surface area contributed by atoms with Crippen LogP contribution in [0.15, 0.2) is 30.4 Å². The van der Waals surface area contributed by atoms with E-state index >= 15 is 0 Å². The Bertz CT molecular complexity index is 685. The molecule has 1 N–H and O–H groups in total. The molecule has 0 radical (unpaired) electrons. The van der Waals surface area contributed by atoms with Crippen molar-refractivity contribution in [2.75, 3.05) is 12.1 Å². The first-order valence-corrected chi connectivity index (χ1v) is 6.88. The predicted octanol–water partition coefficient (Wildman–Crippen LogP) is -0.327. The number of amides is 1.